The molecule has 0 aliphatic carbocycles. The van der Waals surface area contributed by atoms with Crippen LogP contribution in [0.15, 0.2) is 17.3 Å². The van der Waals surface area contributed by atoms with Gasteiger partial charge in [-0.15, -0.1) is 9.78 Å². The number of nitrogens with one attached hydrogen (secondary N) is 1. The number of fused-ring (bicyclic) bond motifs is 1. The SMILES string of the molecule is Cn1cnc2[nH][n+](C)cc2c1=O. The van der Waals surface area contributed by atoms with E-state index in [4.69, 9.17) is 0 Å². The zero-order valence-electron chi connectivity index (χ0n) is 6.90. The van der Waals surface area contributed by atoms with Gasteiger partial charge in [-0.2, -0.15) is 0 Å². The van der Waals surface area contributed by atoms with Gasteiger partial charge in [-0.25, -0.2) is 4.98 Å². The van der Waals surface area contributed by atoms with Gasteiger partial charge in [0.05, 0.1) is 6.33 Å². The number of aromatic nitrogens is 4. The van der Waals surface area contributed by atoms with E-state index in [0.717, 1.165) is 0 Å². The molecule has 0 saturated carbocycles. The predicted octanol–water partition coefficient (Wildman–Crippen LogP) is -0.914. The second kappa shape index (κ2) is 2.17. The molecule has 0 spiro atoms. The van der Waals surface area contributed by atoms with Gasteiger partial charge < -0.3 is 4.57 Å². The van der Waals surface area contributed by atoms with Crippen molar-refractivity contribution < 1.29 is 4.68 Å². The monoisotopic (exact) mass is 165 g/mol. The molecule has 12 heavy (non-hydrogen) atoms. The molecular formula is C7H9N4O+. The number of hydrogen-bond donors (Lipinski definition) is 1. The van der Waals surface area contributed by atoms with Crippen LogP contribution in [0.1, 0.15) is 0 Å². The lowest BCUT2D eigenvalue weighted by Gasteiger charge is -1.90. The second-order valence-corrected chi connectivity index (χ2v) is 2.77. The first-order valence-electron chi connectivity index (χ1n) is 3.58. The van der Waals surface area contributed by atoms with Crippen molar-refractivity contribution in [3.05, 3.63) is 22.9 Å². The van der Waals surface area contributed by atoms with E-state index in [1.54, 1.807) is 17.9 Å². The van der Waals surface area contributed by atoms with Crippen LogP contribution >= 0.6 is 0 Å². The van der Waals surface area contributed by atoms with Crippen molar-refractivity contribution >= 4 is 11.0 Å². The van der Waals surface area contributed by atoms with E-state index in [2.05, 4.69) is 10.1 Å². The van der Waals surface area contributed by atoms with Gasteiger partial charge in [-0.1, -0.05) is 0 Å². The Kier molecular flexibility index (Phi) is 1.27. The van der Waals surface area contributed by atoms with Crippen molar-refractivity contribution in [3.8, 4) is 0 Å². The highest BCUT2D eigenvalue weighted by atomic mass is 16.1. The summed E-state index contributed by atoms with van der Waals surface area (Å²) in [6.45, 7) is 0. The fraction of sp³-hybridized carbons (Fsp3) is 0.286. The Bertz CT molecular complexity index is 482. The lowest BCUT2D eigenvalue weighted by molar-refractivity contribution is -0.724. The molecular weight excluding hydrogens is 156 g/mol. The molecule has 0 atom stereocenters. The Balaban J connectivity index is 2.99. The molecule has 5 nitrogen and oxygen atoms in total. The van der Waals surface area contributed by atoms with Crippen LogP contribution in [0.4, 0.5) is 0 Å². The van der Waals surface area contributed by atoms with Crippen LogP contribution in [0.25, 0.3) is 11.0 Å². The van der Waals surface area contributed by atoms with Gasteiger partial charge >= 0.3 is 0 Å². The fourth-order valence-corrected chi connectivity index (χ4v) is 1.16. The third-order valence-corrected chi connectivity index (χ3v) is 1.77. The minimum absolute atomic E-state index is 0.0307. The highest BCUT2D eigenvalue weighted by Gasteiger charge is 2.08. The maximum Gasteiger partial charge on any atom is 0.268 e. The van der Waals surface area contributed by atoms with Crippen LogP contribution < -0.4 is 10.2 Å². The van der Waals surface area contributed by atoms with Crippen LogP contribution in [-0.4, -0.2) is 14.6 Å². The van der Waals surface area contributed by atoms with Crippen molar-refractivity contribution in [1.29, 1.82) is 0 Å². The maximum absolute atomic E-state index is 11.4. The van der Waals surface area contributed by atoms with Crippen LogP contribution in [0.3, 0.4) is 0 Å². The van der Waals surface area contributed by atoms with E-state index in [9.17, 15) is 4.79 Å². The van der Waals surface area contributed by atoms with Crippen LogP contribution in [-0.2, 0) is 14.1 Å². The molecule has 0 radical (unpaired) electrons. The van der Waals surface area contributed by atoms with Crippen molar-refractivity contribution in [2.45, 2.75) is 0 Å². The summed E-state index contributed by atoms with van der Waals surface area (Å²) in [5, 5.41) is 3.53. The Hall–Kier alpha value is -1.65. The lowest BCUT2D eigenvalue weighted by atomic mass is 10.4. The molecule has 1 N–H and O–H groups in total. The van der Waals surface area contributed by atoms with Gasteiger partial charge in [0.2, 0.25) is 11.8 Å². The van der Waals surface area contributed by atoms with Gasteiger partial charge in [0, 0.05) is 7.05 Å². The van der Waals surface area contributed by atoms with Crippen LogP contribution in [0.2, 0.25) is 0 Å². The number of aromatic amines is 1. The molecule has 2 aromatic heterocycles. The number of H-pyrrole nitrogens is 1. The van der Waals surface area contributed by atoms with Gasteiger partial charge in [-0.05, 0) is 0 Å². The first-order valence-corrected chi connectivity index (χ1v) is 3.58. The summed E-state index contributed by atoms with van der Waals surface area (Å²) in [4.78, 5) is 15.5. The number of rotatable bonds is 0. The normalized spacial score (nSPS) is 10.8. The van der Waals surface area contributed by atoms with E-state index < -0.39 is 0 Å². The molecule has 0 amide bonds. The van der Waals surface area contributed by atoms with E-state index in [1.807, 2.05) is 7.05 Å². The Morgan fingerprint density at radius 3 is 3.17 bits per heavy atom. The molecule has 5 heteroatoms. The zero-order chi connectivity index (χ0) is 8.72. The Morgan fingerprint density at radius 1 is 1.67 bits per heavy atom. The smallest absolute Gasteiger partial charge is 0.268 e. The fourth-order valence-electron chi connectivity index (χ4n) is 1.16. The summed E-state index contributed by atoms with van der Waals surface area (Å²) in [6, 6.07) is 0. The third kappa shape index (κ3) is 0.827. The zero-order valence-corrected chi connectivity index (χ0v) is 6.90. The molecule has 0 aliphatic heterocycles. The van der Waals surface area contributed by atoms with Gasteiger partial charge in [-0.3, -0.25) is 4.79 Å². The first kappa shape index (κ1) is 7.02. The summed E-state index contributed by atoms with van der Waals surface area (Å²) in [6.07, 6.45) is 3.23. The lowest BCUT2D eigenvalue weighted by Crippen LogP contribution is -2.28. The number of hydrogen-bond acceptors (Lipinski definition) is 2. The Labute approximate surface area is 68.3 Å². The van der Waals surface area contributed by atoms with Crippen molar-refractivity contribution in [3.63, 3.8) is 0 Å². The van der Waals surface area contributed by atoms with Crippen LogP contribution in [0.5, 0.6) is 0 Å². The topological polar surface area (TPSA) is 54.6 Å². The summed E-state index contributed by atoms with van der Waals surface area (Å²) in [5.74, 6) is 0. The molecule has 0 fully saturated rings. The molecule has 0 bridgehead atoms. The van der Waals surface area contributed by atoms with E-state index in [-0.39, 0.29) is 5.56 Å². The van der Waals surface area contributed by atoms with Gasteiger partial charge in [0.25, 0.3) is 5.56 Å². The average molecular weight is 165 g/mol. The molecule has 0 saturated heterocycles. The standard InChI is InChI=1S/C7H8N4O/c1-10-4-8-6-5(7(10)12)3-11(2)9-6/h3-4H,1-2H3/p+1. The predicted molar refractivity (Wildman–Crippen MR) is 42.5 cm³/mol. The summed E-state index contributed by atoms with van der Waals surface area (Å²) in [7, 11) is 3.50. The average Bonchev–Trinajstić information content (AvgIpc) is 2.39. The first-order chi connectivity index (χ1) is 5.68. The van der Waals surface area contributed by atoms with E-state index in [0.29, 0.717) is 11.0 Å². The summed E-state index contributed by atoms with van der Waals surface area (Å²) >= 11 is 0. The molecule has 2 aromatic rings. The molecule has 2 heterocycles. The van der Waals surface area contributed by atoms with Crippen molar-refractivity contribution in [2.24, 2.45) is 14.1 Å². The van der Waals surface area contributed by atoms with E-state index >= 15 is 0 Å². The highest BCUT2D eigenvalue weighted by Crippen LogP contribution is 1.96. The highest BCUT2D eigenvalue weighted by molar-refractivity contribution is 5.70. The van der Waals surface area contributed by atoms with Gasteiger partial charge in [0.1, 0.15) is 0 Å². The molecule has 62 valence electrons. The molecule has 0 aromatic carbocycles. The summed E-state index contributed by atoms with van der Waals surface area (Å²) in [5.41, 5.74) is 0.595. The van der Waals surface area contributed by atoms with Crippen LogP contribution in [0, 0.1) is 0 Å². The maximum atomic E-state index is 11.4. The summed E-state index contributed by atoms with van der Waals surface area (Å²) < 4.78 is 3.16. The van der Waals surface area contributed by atoms with Crippen molar-refractivity contribution in [1.82, 2.24) is 14.6 Å². The number of nitrogens with zero attached hydrogens (tertiary/aromatic N) is 3. The van der Waals surface area contributed by atoms with Crippen molar-refractivity contribution in [2.75, 3.05) is 0 Å². The quantitative estimate of drug-likeness (QED) is 0.513. The molecule has 0 unspecified atom stereocenters. The third-order valence-electron chi connectivity index (χ3n) is 1.77. The molecule has 0 aliphatic rings. The number of aryl methyl sites for hydroxylation is 2. The molecule has 2 rings (SSSR count). The van der Waals surface area contributed by atoms with E-state index in [1.165, 1.54) is 10.9 Å². The minimum atomic E-state index is -0.0307. The van der Waals surface area contributed by atoms with Gasteiger partial charge in [0.15, 0.2) is 12.4 Å². The Morgan fingerprint density at radius 2 is 2.42 bits per heavy atom. The minimum Gasteiger partial charge on any atom is -0.302 e. The largest absolute Gasteiger partial charge is 0.302 e. The second-order valence-electron chi connectivity index (χ2n) is 2.77.